The third kappa shape index (κ3) is 2.20. The van der Waals surface area contributed by atoms with Crippen LogP contribution in [0, 0.1) is 21.7 Å². The zero-order valence-corrected chi connectivity index (χ0v) is 7.93. The zero-order chi connectivity index (χ0) is 10.7. The second kappa shape index (κ2) is 4.36. The number of halogens is 2. The molecule has 0 aromatic heterocycles. The molecule has 1 rings (SSSR count). The van der Waals surface area contributed by atoms with E-state index in [1.807, 2.05) is 0 Å². The van der Waals surface area contributed by atoms with Gasteiger partial charge < -0.3 is 0 Å². The highest BCUT2D eigenvalue weighted by Crippen LogP contribution is 2.21. The van der Waals surface area contributed by atoms with E-state index in [-0.39, 0.29) is 12.0 Å². The Kier molecular flexibility index (Phi) is 3.40. The van der Waals surface area contributed by atoms with Gasteiger partial charge in [-0.25, -0.2) is 4.39 Å². The lowest BCUT2D eigenvalue weighted by atomic mass is 10.1. The highest BCUT2D eigenvalue weighted by atomic mass is 32.1. The minimum atomic E-state index is -1.02. The molecule has 0 saturated carbocycles. The summed E-state index contributed by atoms with van der Waals surface area (Å²) in [6.07, 6.45) is 0.240. The molecular weight excluding hydrogens is 212 g/mol. The molecule has 3 nitrogen and oxygen atoms in total. The molecule has 0 spiro atoms. The van der Waals surface area contributed by atoms with Gasteiger partial charge in [0.15, 0.2) is 0 Å². The third-order valence-electron chi connectivity index (χ3n) is 1.69. The highest BCUT2D eigenvalue weighted by Gasteiger charge is 2.17. The van der Waals surface area contributed by atoms with Crippen molar-refractivity contribution in [2.75, 3.05) is 5.75 Å². The lowest BCUT2D eigenvalue weighted by Crippen LogP contribution is -1.98. The van der Waals surface area contributed by atoms with Crippen LogP contribution in [0.1, 0.15) is 5.56 Å². The summed E-state index contributed by atoms with van der Waals surface area (Å²) >= 11 is 3.86. The van der Waals surface area contributed by atoms with Crippen molar-refractivity contribution < 1.29 is 13.7 Å². The number of hydrogen-bond donors (Lipinski definition) is 1. The van der Waals surface area contributed by atoms with Gasteiger partial charge in [0.25, 0.3) is 0 Å². The molecule has 0 N–H and O–H groups in total. The van der Waals surface area contributed by atoms with Crippen LogP contribution in [0.25, 0.3) is 0 Å². The second-order valence-corrected chi connectivity index (χ2v) is 3.07. The van der Waals surface area contributed by atoms with Gasteiger partial charge in [-0.1, -0.05) is 0 Å². The van der Waals surface area contributed by atoms with Crippen LogP contribution in [0.3, 0.4) is 0 Å². The quantitative estimate of drug-likeness (QED) is 0.481. The van der Waals surface area contributed by atoms with Crippen molar-refractivity contribution in [3.8, 4) is 0 Å². The van der Waals surface area contributed by atoms with E-state index < -0.39 is 22.2 Å². The van der Waals surface area contributed by atoms with Crippen molar-refractivity contribution in [1.82, 2.24) is 0 Å². The van der Waals surface area contributed by atoms with Gasteiger partial charge >= 0.3 is 5.69 Å². The van der Waals surface area contributed by atoms with Crippen molar-refractivity contribution in [3.05, 3.63) is 39.4 Å². The molecule has 1 aromatic carbocycles. The van der Waals surface area contributed by atoms with Crippen LogP contribution >= 0.6 is 12.6 Å². The van der Waals surface area contributed by atoms with Gasteiger partial charge in [-0.05, 0) is 23.8 Å². The first-order valence-electron chi connectivity index (χ1n) is 3.79. The predicted octanol–water partition coefficient (Wildman–Crippen LogP) is 2.35. The van der Waals surface area contributed by atoms with Crippen LogP contribution in [0.5, 0.6) is 0 Å². The minimum absolute atomic E-state index is 0.100. The highest BCUT2D eigenvalue weighted by molar-refractivity contribution is 7.80. The van der Waals surface area contributed by atoms with E-state index in [0.717, 1.165) is 6.07 Å². The molecule has 76 valence electrons. The number of benzene rings is 1. The van der Waals surface area contributed by atoms with Crippen molar-refractivity contribution in [3.63, 3.8) is 0 Å². The molecule has 0 aliphatic rings. The fraction of sp³-hybridized carbons (Fsp3) is 0.250. The Balaban J connectivity index is 3.17. The Morgan fingerprint density at radius 1 is 1.36 bits per heavy atom. The van der Waals surface area contributed by atoms with Gasteiger partial charge in [0, 0.05) is 0 Å². The van der Waals surface area contributed by atoms with Crippen molar-refractivity contribution in [2.24, 2.45) is 0 Å². The molecule has 0 amide bonds. The Labute approximate surface area is 84.3 Å². The average Bonchev–Trinajstić information content (AvgIpc) is 2.10. The average molecular weight is 219 g/mol. The molecule has 14 heavy (non-hydrogen) atoms. The van der Waals surface area contributed by atoms with E-state index in [2.05, 4.69) is 12.6 Å². The number of rotatable bonds is 3. The van der Waals surface area contributed by atoms with E-state index >= 15 is 0 Å². The maximum atomic E-state index is 13.1. The summed E-state index contributed by atoms with van der Waals surface area (Å²) in [5.74, 6) is -1.44. The molecular formula is C8H7F2NO2S. The zero-order valence-electron chi connectivity index (χ0n) is 7.04. The van der Waals surface area contributed by atoms with Gasteiger partial charge in [0.1, 0.15) is 5.82 Å². The number of hydrogen-bond acceptors (Lipinski definition) is 3. The third-order valence-corrected chi connectivity index (χ3v) is 1.92. The topological polar surface area (TPSA) is 43.1 Å². The van der Waals surface area contributed by atoms with Crippen molar-refractivity contribution in [2.45, 2.75) is 6.42 Å². The fourth-order valence-corrected chi connectivity index (χ4v) is 1.27. The molecule has 0 fully saturated rings. The van der Waals surface area contributed by atoms with E-state index in [4.69, 9.17) is 0 Å². The fourth-order valence-electron chi connectivity index (χ4n) is 1.03. The first-order valence-corrected chi connectivity index (χ1v) is 4.42. The Bertz CT molecular complexity index is 371. The van der Waals surface area contributed by atoms with Crippen LogP contribution in [0.2, 0.25) is 0 Å². The molecule has 6 heteroatoms. The van der Waals surface area contributed by atoms with Gasteiger partial charge in [0.2, 0.25) is 5.82 Å². The summed E-state index contributed by atoms with van der Waals surface area (Å²) in [6, 6.07) is 1.43. The first kappa shape index (κ1) is 10.9. The van der Waals surface area contributed by atoms with Gasteiger partial charge in [-0.2, -0.15) is 17.0 Å². The normalized spacial score (nSPS) is 10.2. The molecule has 0 aliphatic carbocycles. The summed E-state index contributed by atoms with van der Waals surface area (Å²) in [5, 5.41) is 10.2. The van der Waals surface area contributed by atoms with Gasteiger partial charge in [-0.3, -0.25) is 10.1 Å². The summed E-state index contributed by atoms with van der Waals surface area (Å²) in [6.45, 7) is 0. The summed E-state index contributed by atoms with van der Waals surface area (Å²) in [4.78, 5) is 9.27. The summed E-state index contributed by atoms with van der Waals surface area (Å²) in [7, 11) is 0. The number of nitro benzene ring substituents is 1. The predicted molar refractivity (Wildman–Crippen MR) is 50.6 cm³/mol. The number of thiol groups is 1. The molecule has 0 atom stereocenters. The Morgan fingerprint density at radius 2 is 2.00 bits per heavy atom. The Morgan fingerprint density at radius 3 is 2.50 bits per heavy atom. The minimum Gasteiger partial charge on any atom is -0.258 e. The standard InChI is InChI=1S/C8H7F2NO2S/c9-6-4-8(11(12)13)7(10)3-5(6)1-2-14/h3-4,14H,1-2H2. The van der Waals surface area contributed by atoms with Crippen LogP contribution in [-0.2, 0) is 6.42 Å². The monoisotopic (exact) mass is 219 g/mol. The van der Waals surface area contributed by atoms with Crippen LogP contribution in [0.4, 0.5) is 14.5 Å². The maximum absolute atomic E-state index is 13.1. The smallest absolute Gasteiger partial charge is 0.258 e. The summed E-state index contributed by atoms with van der Waals surface area (Å²) < 4.78 is 26.0. The SMILES string of the molecule is O=[N+]([O-])c1cc(F)c(CCS)cc1F. The molecule has 1 aromatic rings. The molecule has 0 radical (unpaired) electrons. The van der Waals surface area contributed by atoms with E-state index in [0.29, 0.717) is 11.8 Å². The first-order chi connectivity index (χ1) is 6.56. The second-order valence-electron chi connectivity index (χ2n) is 2.63. The van der Waals surface area contributed by atoms with Crippen LogP contribution < -0.4 is 0 Å². The molecule has 0 aliphatic heterocycles. The molecule has 0 bridgehead atoms. The van der Waals surface area contributed by atoms with E-state index in [9.17, 15) is 18.9 Å². The van der Waals surface area contributed by atoms with Gasteiger partial charge in [0.05, 0.1) is 11.0 Å². The Hall–Kier alpha value is -1.17. The van der Waals surface area contributed by atoms with E-state index in [1.165, 1.54) is 0 Å². The molecule has 0 heterocycles. The van der Waals surface area contributed by atoms with Crippen molar-refractivity contribution >= 4 is 18.3 Å². The van der Waals surface area contributed by atoms with Gasteiger partial charge in [-0.15, -0.1) is 0 Å². The van der Waals surface area contributed by atoms with E-state index in [1.54, 1.807) is 0 Å². The summed E-state index contributed by atoms with van der Waals surface area (Å²) in [5.41, 5.74) is -0.742. The largest absolute Gasteiger partial charge is 0.307 e. The lowest BCUT2D eigenvalue weighted by Gasteiger charge is -2.01. The lowest BCUT2D eigenvalue weighted by molar-refractivity contribution is -0.387. The van der Waals surface area contributed by atoms with Crippen molar-refractivity contribution in [1.29, 1.82) is 0 Å². The number of nitrogens with zero attached hydrogens (tertiary/aromatic N) is 1. The maximum Gasteiger partial charge on any atom is 0.307 e. The number of aryl methyl sites for hydroxylation is 1. The molecule has 0 unspecified atom stereocenters. The van der Waals surface area contributed by atoms with Crippen LogP contribution in [0.15, 0.2) is 12.1 Å². The number of nitro groups is 1. The molecule has 0 saturated heterocycles. The van der Waals surface area contributed by atoms with Crippen LogP contribution in [-0.4, -0.2) is 10.7 Å².